The molecule has 1 atom stereocenters. The third-order valence-electron chi connectivity index (χ3n) is 3.25. The van der Waals surface area contributed by atoms with Crippen LogP contribution in [0, 0.1) is 11.3 Å². The fourth-order valence-corrected chi connectivity index (χ4v) is 1.87. The Balaban J connectivity index is 2.23. The maximum Gasteiger partial charge on any atom is 0.311 e. The van der Waals surface area contributed by atoms with Crippen LogP contribution < -0.4 is 5.32 Å². The molecule has 16 heavy (non-hydrogen) atoms. The molecule has 1 aliphatic carbocycles. The number of rotatable bonds is 7. The van der Waals surface area contributed by atoms with Gasteiger partial charge in [-0.3, -0.25) is 9.59 Å². The molecule has 1 fully saturated rings. The number of amides is 1. The van der Waals surface area contributed by atoms with Gasteiger partial charge in [0.1, 0.15) is 0 Å². The molecule has 4 nitrogen and oxygen atoms in total. The highest BCUT2D eigenvalue weighted by Gasteiger charge is 2.50. The molecule has 0 spiro atoms. The van der Waals surface area contributed by atoms with Crippen LogP contribution in [0.3, 0.4) is 0 Å². The van der Waals surface area contributed by atoms with E-state index in [2.05, 4.69) is 12.2 Å². The van der Waals surface area contributed by atoms with Crippen molar-refractivity contribution in [2.45, 2.75) is 46.0 Å². The van der Waals surface area contributed by atoms with Crippen molar-refractivity contribution < 1.29 is 14.7 Å². The minimum Gasteiger partial charge on any atom is -0.481 e. The van der Waals surface area contributed by atoms with Crippen LogP contribution in [-0.4, -0.2) is 23.5 Å². The maximum absolute atomic E-state index is 11.5. The van der Waals surface area contributed by atoms with Crippen LogP contribution in [0.15, 0.2) is 0 Å². The highest BCUT2D eigenvalue weighted by molar-refractivity contribution is 5.81. The lowest BCUT2D eigenvalue weighted by Crippen LogP contribution is -2.34. The SMILES string of the molecule is CCCC(C)CC(=O)NCC1(C(=O)O)CC1. The van der Waals surface area contributed by atoms with Crippen molar-refractivity contribution in [2.75, 3.05) is 6.54 Å². The summed E-state index contributed by atoms with van der Waals surface area (Å²) in [7, 11) is 0. The minimum absolute atomic E-state index is 0.0199. The first-order chi connectivity index (χ1) is 7.50. The van der Waals surface area contributed by atoms with Gasteiger partial charge in [-0.05, 0) is 18.8 Å². The Morgan fingerprint density at radius 2 is 2.06 bits per heavy atom. The summed E-state index contributed by atoms with van der Waals surface area (Å²) in [5.41, 5.74) is -0.649. The Labute approximate surface area is 96.4 Å². The number of carbonyl (C=O) groups is 2. The monoisotopic (exact) mass is 227 g/mol. The standard InChI is InChI=1S/C12H21NO3/c1-3-4-9(2)7-10(14)13-8-12(5-6-12)11(15)16/h9H,3-8H2,1-2H3,(H,13,14)(H,15,16). The Bertz CT molecular complexity index is 271. The highest BCUT2D eigenvalue weighted by Crippen LogP contribution is 2.45. The fraction of sp³-hybridized carbons (Fsp3) is 0.833. The predicted molar refractivity (Wildman–Crippen MR) is 61.0 cm³/mol. The first-order valence-electron chi connectivity index (χ1n) is 6.00. The number of carboxylic acid groups (broad SMARTS) is 1. The summed E-state index contributed by atoms with van der Waals surface area (Å²) >= 11 is 0. The van der Waals surface area contributed by atoms with E-state index in [1.807, 2.05) is 6.92 Å². The normalized spacial score (nSPS) is 18.9. The first kappa shape index (κ1) is 13.0. The molecule has 0 radical (unpaired) electrons. The average Bonchev–Trinajstić information content (AvgIpc) is 2.95. The molecular weight excluding hydrogens is 206 g/mol. The lowest BCUT2D eigenvalue weighted by molar-refractivity contribution is -0.143. The Hall–Kier alpha value is -1.06. The van der Waals surface area contributed by atoms with Crippen molar-refractivity contribution >= 4 is 11.9 Å². The van der Waals surface area contributed by atoms with Crippen LogP contribution in [0.4, 0.5) is 0 Å². The minimum atomic E-state index is -0.783. The molecule has 0 aliphatic heterocycles. The number of aliphatic carboxylic acids is 1. The molecule has 1 rings (SSSR count). The van der Waals surface area contributed by atoms with E-state index in [9.17, 15) is 9.59 Å². The predicted octanol–water partition coefficient (Wildman–Crippen LogP) is 1.79. The Morgan fingerprint density at radius 1 is 1.44 bits per heavy atom. The summed E-state index contributed by atoms with van der Waals surface area (Å²) in [6.07, 6.45) is 3.99. The molecule has 1 saturated carbocycles. The quantitative estimate of drug-likeness (QED) is 0.697. The molecule has 1 amide bonds. The number of nitrogens with one attached hydrogen (secondary N) is 1. The van der Waals surface area contributed by atoms with E-state index in [4.69, 9.17) is 5.11 Å². The van der Waals surface area contributed by atoms with Gasteiger partial charge in [0, 0.05) is 13.0 Å². The second-order valence-electron chi connectivity index (χ2n) is 4.96. The van der Waals surface area contributed by atoms with Crippen LogP contribution in [0.1, 0.15) is 46.0 Å². The van der Waals surface area contributed by atoms with Gasteiger partial charge >= 0.3 is 5.97 Å². The van der Waals surface area contributed by atoms with E-state index < -0.39 is 11.4 Å². The molecule has 1 unspecified atom stereocenters. The van der Waals surface area contributed by atoms with Crippen molar-refractivity contribution in [1.82, 2.24) is 5.32 Å². The summed E-state index contributed by atoms with van der Waals surface area (Å²) in [6, 6.07) is 0. The van der Waals surface area contributed by atoms with Gasteiger partial charge in [0.15, 0.2) is 0 Å². The molecular formula is C12H21NO3. The molecule has 0 heterocycles. The van der Waals surface area contributed by atoms with Crippen LogP contribution in [0.5, 0.6) is 0 Å². The number of hydrogen-bond acceptors (Lipinski definition) is 2. The van der Waals surface area contributed by atoms with Gasteiger partial charge in [-0.2, -0.15) is 0 Å². The van der Waals surface area contributed by atoms with E-state index >= 15 is 0 Å². The van der Waals surface area contributed by atoms with E-state index in [1.54, 1.807) is 0 Å². The summed E-state index contributed by atoms with van der Waals surface area (Å²) in [6.45, 7) is 4.44. The largest absolute Gasteiger partial charge is 0.481 e. The molecule has 4 heteroatoms. The van der Waals surface area contributed by atoms with Crippen molar-refractivity contribution in [1.29, 1.82) is 0 Å². The van der Waals surface area contributed by atoms with Crippen LogP contribution in [-0.2, 0) is 9.59 Å². The van der Waals surface area contributed by atoms with Crippen molar-refractivity contribution in [3.63, 3.8) is 0 Å². The molecule has 0 aromatic heterocycles. The summed E-state index contributed by atoms with van der Waals surface area (Å²) < 4.78 is 0. The molecule has 2 N–H and O–H groups in total. The fourth-order valence-electron chi connectivity index (χ4n) is 1.87. The van der Waals surface area contributed by atoms with Crippen molar-refractivity contribution in [3.8, 4) is 0 Å². The zero-order valence-electron chi connectivity index (χ0n) is 10.1. The van der Waals surface area contributed by atoms with E-state index in [1.165, 1.54) is 0 Å². The Morgan fingerprint density at radius 3 is 2.50 bits per heavy atom. The van der Waals surface area contributed by atoms with Crippen LogP contribution in [0.2, 0.25) is 0 Å². The third-order valence-corrected chi connectivity index (χ3v) is 3.25. The van der Waals surface area contributed by atoms with Crippen LogP contribution >= 0.6 is 0 Å². The number of carbonyl (C=O) groups excluding carboxylic acids is 1. The Kier molecular flexibility index (Phi) is 4.33. The van der Waals surface area contributed by atoms with Gasteiger partial charge in [0.25, 0.3) is 0 Å². The first-order valence-corrected chi connectivity index (χ1v) is 6.00. The lowest BCUT2D eigenvalue weighted by atomic mass is 10.0. The molecule has 1 aliphatic rings. The molecule has 0 saturated heterocycles. The van der Waals surface area contributed by atoms with Gasteiger partial charge in [-0.25, -0.2) is 0 Å². The molecule has 0 aromatic carbocycles. The van der Waals surface area contributed by atoms with Crippen molar-refractivity contribution in [3.05, 3.63) is 0 Å². The number of carboxylic acids is 1. The van der Waals surface area contributed by atoms with Gasteiger partial charge in [0.05, 0.1) is 5.41 Å². The van der Waals surface area contributed by atoms with E-state index in [0.29, 0.717) is 31.7 Å². The van der Waals surface area contributed by atoms with E-state index in [0.717, 1.165) is 12.8 Å². The molecule has 92 valence electrons. The van der Waals surface area contributed by atoms with Gasteiger partial charge in [-0.1, -0.05) is 26.7 Å². The van der Waals surface area contributed by atoms with Gasteiger partial charge < -0.3 is 10.4 Å². The zero-order chi connectivity index (χ0) is 12.2. The highest BCUT2D eigenvalue weighted by atomic mass is 16.4. The second-order valence-corrected chi connectivity index (χ2v) is 4.96. The van der Waals surface area contributed by atoms with Gasteiger partial charge in [0.2, 0.25) is 5.91 Å². The average molecular weight is 227 g/mol. The van der Waals surface area contributed by atoms with Crippen LogP contribution in [0.25, 0.3) is 0 Å². The smallest absolute Gasteiger partial charge is 0.311 e. The molecule has 0 aromatic rings. The maximum atomic E-state index is 11.5. The topological polar surface area (TPSA) is 66.4 Å². The van der Waals surface area contributed by atoms with Crippen molar-refractivity contribution in [2.24, 2.45) is 11.3 Å². The van der Waals surface area contributed by atoms with Gasteiger partial charge in [-0.15, -0.1) is 0 Å². The summed E-state index contributed by atoms with van der Waals surface area (Å²) in [5, 5.41) is 11.7. The summed E-state index contributed by atoms with van der Waals surface area (Å²) in [4.78, 5) is 22.4. The molecule has 0 bridgehead atoms. The van der Waals surface area contributed by atoms with E-state index in [-0.39, 0.29) is 5.91 Å². The number of hydrogen-bond donors (Lipinski definition) is 2. The summed E-state index contributed by atoms with van der Waals surface area (Å²) in [5.74, 6) is -0.423. The third kappa shape index (κ3) is 3.51. The lowest BCUT2D eigenvalue weighted by Gasteiger charge is -2.13. The second kappa shape index (κ2) is 5.32. The zero-order valence-corrected chi connectivity index (χ0v) is 10.1.